The highest BCUT2D eigenvalue weighted by Crippen LogP contribution is 2.41. The van der Waals surface area contributed by atoms with Crippen molar-refractivity contribution < 1.29 is 19.3 Å². The van der Waals surface area contributed by atoms with Gasteiger partial charge in [0.05, 0.1) is 26.9 Å². The Balaban J connectivity index is 1.67. The van der Waals surface area contributed by atoms with Gasteiger partial charge in [-0.05, 0) is 36.0 Å². The summed E-state index contributed by atoms with van der Waals surface area (Å²) in [5.41, 5.74) is 1.13. The van der Waals surface area contributed by atoms with E-state index in [4.69, 9.17) is 14.2 Å². The monoisotopic (exact) mass is 349 g/mol. The van der Waals surface area contributed by atoms with Crippen LogP contribution in [0.2, 0.25) is 0 Å². The molecule has 2 fully saturated rings. The maximum atomic E-state index is 9.91. The number of likely N-dealkylation sites (tertiary alicyclic amines) is 1. The second-order valence-corrected chi connectivity index (χ2v) is 7.92. The number of fused-ring (bicyclic) bond motifs is 1. The van der Waals surface area contributed by atoms with Gasteiger partial charge < -0.3 is 19.3 Å². The van der Waals surface area contributed by atoms with Gasteiger partial charge in [-0.2, -0.15) is 0 Å². The molecule has 25 heavy (non-hydrogen) atoms. The minimum Gasteiger partial charge on any atom is -0.493 e. The quantitative estimate of drug-likeness (QED) is 0.820. The van der Waals surface area contributed by atoms with E-state index in [-0.39, 0.29) is 12.0 Å². The van der Waals surface area contributed by atoms with Gasteiger partial charge in [0.25, 0.3) is 0 Å². The van der Waals surface area contributed by atoms with Gasteiger partial charge in [0.15, 0.2) is 11.5 Å². The SMILES string of the molecule is COc1cc(CN2C[C@@H]3CCOC[C@]3(CO)C2)ccc1OCC(C)C. The predicted molar refractivity (Wildman–Crippen MR) is 97.0 cm³/mol. The number of aliphatic hydroxyl groups is 1. The second-order valence-electron chi connectivity index (χ2n) is 7.92. The Hall–Kier alpha value is -1.30. The average Bonchev–Trinajstić information content (AvgIpc) is 2.98. The molecule has 1 N–H and O–H groups in total. The standard InChI is InChI=1S/C20H31NO4/c1-15(2)11-25-18-5-4-16(8-19(18)23-3)9-21-10-17-6-7-24-14-20(17,12-21)13-22/h4-5,8,15,17,22H,6-7,9-14H2,1-3H3/t17-,20+/m0/s1. The van der Waals surface area contributed by atoms with Crippen molar-refractivity contribution in [2.24, 2.45) is 17.3 Å². The molecule has 0 unspecified atom stereocenters. The molecule has 0 aromatic heterocycles. The summed E-state index contributed by atoms with van der Waals surface area (Å²) in [6, 6.07) is 6.19. The summed E-state index contributed by atoms with van der Waals surface area (Å²) in [5.74, 6) is 2.60. The van der Waals surface area contributed by atoms with E-state index in [9.17, 15) is 5.11 Å². The molecule has 0 amide bonds. The molecular formula is C20H31NO4. The lowest BCUT2D eigenvalue weighted by Gasteiger charge is -2.36. The maximum absolute atomic E-state index is 9.91. The Kier molecular flexibility index (Phi) is 5.87. The summed E-state index contributed by atoms with van der Waals surface area (Å²) >= 11 is 0. The van der Waals surface area contributed by atoms with Gasteiger partial charge in [0.2, 0.25) is 0 Å². The second kappa shape index (κ2) is 7.94. The summed E-state index contributed by atoms with van der Waals surface area (Å²) in [4.78, 5) is 2.43. The van der Waals surface area contributed by atoms with Crippen molar-refractivity contribution in [3.05, 3.63) is 23.8 Å². The summed E-state index contributed by atoms with van der Waals surface area (Å²) in [5, 5.41) is 9.91. The predicted octanol–water partition coefficient (Wildman–Crippen LogP) is 2.56. The van der Waals surface area contributed by atoms with Crippen LogP contribution >= 0.6 is 0 Å². The van der Waals surface area contributed by atoms with E-state index in [1.165, 1.54) is 5.56 Å². The molecule has 0 aliphatic carbocycles. The Morgan fingerprint density at radius 2 is 2.20 bits per heavy atom. The van der Waals surface area contributed by atoms with Gasteiger partial charge in [0, 0.05) is 31.7 Å². The van der Waals surface area contributed by atoms with Gasteiger partial charge in [-0.15, -0.1) is 0 Å². The Labute approximate surface area is 150 Å². The van der Waals surface area contributed by atoms with Crippen LogP contribution in [0.5, 0.6) is 11.5 Å². The zero-order chi connectivity index (χ0) is 17.9. The van der Waals surface area contributed by atoms with Crippen LogP contribution < -0.4 is 9.47 Å². The third-order valence-electron chi connectivity index (χ3n) is 5.40. The number of rotatable bonds is 7. The zero-order valence-electron chi connectivity index (χ0n) is 15.7. The first-order valence-electron chi connectivity index (χ1n) is 9.27. The van der Waals surface area contributed by atoms with Crippen molar-refractivity contribution in [2.45, 2.75) is 26.8 Å². The first kappa shape index (κ1) is 18.5. The number of ether oxygens (including phenoxy) is 3. The van der Waals surface area contributed by atoms with Gasteiger partial charge in [-0.1, -0.05) is 19.9 Å². The molecule has 2 aliphatic rings. The minimum absolute atomic E-state index is 0.0807. The molecule has 0 radical (unpaired) electrons. The fourth-order valence-electron chi connectivity index (χ4n) is 4.00. The third kappa shape index (κ3) is 4.10. The van der Waals surface area contributed by atoms with Crippen LogP contribution in [0.1, 0.15) is 25.8 Å². The molecule has 0 spiro atoms. The van der Waals surface area contributed by atoms with E-state index in [2.05, 4.69) is 30.9 Å². The van der Waals surface area contributed by atoms with Crippen LogP contribution in [0, 0.1) is 17.3 Å². The number of hydrogen-bond acceptors (Lipinski definition) is 5. The molecule has 1 aromatic carbocycles. The zero-order valence-corrected chi connectivity index (χ0v) is 15.7. The highest BCUT2D eigenvalue weighted by atomic mass is 16.5. The van der Waals surface area contributed by atoms with Crippen molar-refractivity contribution in [2.75, 3.05) is 46.6 Å². The number of benzene rings is 1. The van der Waals surface area contributed by atoms with Crippen LogP contribution in [0.25, 0.3) is 0 Å². The first-order valence-corrected chi connectivity index (χ1v) is 9.27. The van der Waals surface area contributed by atoms with Crippen LogP contribution in [-0.2, 0) is 11.3 Å². The third-order valence-corrected chi connectivity index (χ3v) is 5.40. The molecule has 140 valence electrons. The fourth-order valence-corrected chi connectivity index (χ4v) is 4.00. The van der Waals surface area contributed by atoms with Crippen LogP contribution in [0.4, 0.5) is 0 Å². The number of methoxy groups -OCH3 is 1. The smallest absolute Gasteiger partial charge is 0.161 e. The Morgan fingerprint density at radius 3 is 2.88 bits per heavy atom. The lowest BCUT2D eigenvalue weighted by Crippen LogP contribution is -2.42. The van der Waals surface area contributed by atoms with E-state index >= 15 is 0 Å². The Bertz CT molecular complexity index is 577. The summed E-state index contributed by atoms with van der Waals surface area (Å²) in [7, 11) is 1.68. The normalized spacial score (nSPS) is 26.7. The van der Waals surface area contributed by atoms with Gasteiger partial charge in [0.1, 0.15) is 0 Å². The van der Waals surface area contributed by atoms with Crippen molar-refractivity contribution in [3.8, 4) is 11.5 Å². The van der Waals surface area contributed by atoms with Crippen LogP contribution in [0.15, 0.2) is 18.2 Å². The van der Waals surface area contributed by atoms with E-state index in [1.807, 2.05) is 6.07 Å². The lowest BCUT2D eigenvalue weighted by molar-refractivity contribution is -0.0561. The number of aliphatic hydroxyl groups excluding tert-OH is 1. The van der Waals surface area contributed by atoms with E-state index in [0.717, 1.165) is 44.2 Å². The number of nitrogens with zero attached hydrogens (tertiary/aromatic N) is 1. The van der Waals surface area contributed by atoms with E-state index in [0.29, 0.717) is 25.0 Å². The van der Waals surface area contributed by atoms with Gasteiger partial charge >= 0.3 is 0 Å². The first-order chi connectivity index (χ1) is 12.1. The molecule has 5 nitrogen and oxygen atoms in total. The molecule has 1 aromatic rings. The molecule has 0 bridgehead atoms. The van der Waals surface area contributed by atoms with Crippen molar-refractivity contribution >= 4 is 0 Å². The number of hydrogen-bond donors (Lipinski definition) is 1. The Morgan fingerprint density at radius 1 is 1.36 bits per heavy atom. The molecule has 3 rings (SSSR count). The van der Waals surface area contributed by atoms with Crippen LogP contribution in [-0.4, -0.2) is 56.6 Å². The molecule has 2 heterocycles. The topological polar surface area (TPSA) is 51.2 Å². The van der Waals surface area contributed by atoms with Crippen molar-refractivity contribution in [3.63, 3.8) is 0 Å². The average molecular weight is 349 g/mol. The maximum Gasteiger partial charge on any atom is 0.161 e. The lowest BCUT2D eigenvalue weighted by atomic mass is 9.76. The summed E-state index contributed by atoms with van der Waals surface area (Å²) < 4.78 is 17.0. The van der Waals surface area contributed by atoms with E-state index < -0.39 is 0 Å². The van der Waals surface area contributed by atoms with Crippen molar-refractivity contribution in [1.82, 2.24) is 4.90 Å². The molecule has 0 saturated carbocycles. The summed E-state index contributed by atoms with van der Waals surface area (Å²) in [6.07, 6.45) is 1.04. The molecule has 5 heteroatoms. The molecular weight excluding hydrogens is 318 g/mol. The van der Waals surface area contributed by atoms with Crippen molar-refractivity contribution in [1.29, 1.82) is 0 Å². The van der Waals surface area contributed by atoms with Crippen LogP contribution in [0.3, 0.4) is 0 Å². The highest BCUT2D eigenvalue weighted by molar-refractivity contribution is 5.43. The van der Waals surface area contributed by atoms with E-state index in [1.54, 1.807) is 7.11 Å². The minimum atomic E-state index is -0.0807. The molecule has 2 atom stereocenters. The highest BCUT2D eigenvalue weighted by Gasteiger charge is 2.47. The van der Waals surface area contributed by atoms with Gasteiger partial charge in [-0.3, -0.25) is 4.90 Å². The summed E-state index contributed by atoms with van der Waals surface area (Å²) in [6.45, 7) is 9.43. The largest absolute Gasteiger partial charge is 0.493 e. The molecule has 2 saturated heterocycles. The van der Waals surface area contributed by atoms with Gasteiger partial charge in [-0.25, -0.2) is 0 Å². The molecule has 2 aliphatic heterocycles. The fraction of sp³-hybridized carbons (Fsp3) is 0.700.